The molecule has 0 spiro atoms. The van der Waals surface area contributed by atoms with Gasteiger partial charge in [-0.05, 0) is 147 Å². The number of benzene rings is 10. The average Bonchev–Trinajstić information content (AvgIpc) is 4.18. The predicted molar refractivity (Wildman–Crippen MR) is 299 cm³/mol. The fourth-order valence-corrected chi connectivity index (χ4v) is 11.0. The lowest BCUT2D eigenvalue weighted by Crippen LogP contribution is -2.10. The summed E-state index contributed by atoms with van der Waals surface area (Å²) in [5.74, 6) is 0. The zero-order valence-electron chi connectivity index (χ0n) is 40.8. The number of halogens is 3. The summed E-state index contributed by atoms with van der Waals surface area (Å²) in [6, 6.07) is 67.1. The van der Waals surface area contributed by atoms with Crippen LogP contribution in [0.4, 0.5) is 24.5 Å². The molecule has 0 aliphatic rings. The third-order valence-corrected chi connectivity index (χ3v) is 14.5. The summed E-state index contributed by atoms with van der Waals surface area (Å²) < 4.78 is 50.1. The SMILES string of the molecule is [C-]#[N+]c1ccccc1-c1ccc2c(c1)c1cc(-c3ccccc3C#N)ccc1n2-c1cc(-c2c(C)cccc2C(F)(F)F)cc(-n2c3ccc(-c4ccccc4C#N)cc3c3cc(-c4ccccc4[N+]#[C-])ccc32)c1C#N. The second-order valence-corrected chi connectivity index (χ2v) is 18.7. The van der Waals surface area contributed by atoms with Crippen molar-refractivity contribution in [2.24, 2.45) is 0 Å². The monoisotopic (exact) mass is 995 g/mol. The van der Waals surface area contributed by atoms with Crippen LogP contribution in [-0.2, 0) is 6.18 Å². The lowest BCUT2D eigenvalue weighted by molar-refractivity contribution is -0.137. The second-order valence-electron chi connectivity index (χ2n) is 18.7. The highest BCUT2D eigenvalue weighted by atomic mass is 19.4. The number of para-hydroxylation sites is 2. The second kappa shape index (κ2) is 18.5. The van der Waals surface area contributed by atoms with Crippen molar-refractivity contribution >= 4 is 55.0 Å². The molecule has 0 bridgehead atoms. The molecular formula is C67H36F3N7. The Morgan fingerprint density at radius 2 is 0.792 bits per heavy atom. The van der Waals surface area contributed by atoms with E-state index in [-0.39, 0.29) is 16.7 Å². The maximum Gasteiger partial charge on any atom is 0.417 e. The number of nitrogens with zero attached hydrogens (tertiary/aromatic N) is 7. The third-order valence-electron chi connectivity index (χ3n) is 14.5. The van der Waals surface area contributed by atoms with Crippen molar-refractivity contribution in [3.8, 4) is 85.2 Å². The van der Waals surface area contributed by atoms with E-state index in [4.69, 9.17) is 13.1 Å². The van der Waals surface area contributed by atoms with Crippen LogP contribution in [0, 0.1) is 54.1 Å². The smallest absolute Gasteiger partial charge is 0.308 e. The molecule has 0 saturated heterocycles. The number of aryl methyl sites for hydroxylation is 1. The van der Waals surface area contributed by atoms with Crippen LogP contribution in [0.25, 0.3) is 120 Å². The van der Waals surface area contributed by atoms with Gasteiger partial charge in [0.2, 0.25) is 0 Å². The van der Waals surface area contributed by atoms with E-state index in [1.165, 1.54) is 6.07 Å². The summed E-state index contributed by atoms with van der Waals surface area (Å²) in [5, 5.41) is 35.2. The summed E-state index contributed by atoms with van der Waals surface area (Å²) in [7, 11) is 0. The minimum absolute atomic E-state index is 0.0459. The van der Waals surface area contributed by atoms with Crippen LogP contribution in [0.5, 0.6) is 0 Å². The topological polar surface area (TPSA) is 89.9 Å². The summed E-state index contributed by atoms with van der Waals surface area (Å²) in [6.07, 6.45) is -4.75. The van der Waals surface area contributed by atoms with Crippen LogP contribution in [0.1, 0.15) is 27.8 Å². The summed E-state index contributed by atoms with van der Waals surface area (Å²) >= 11 is 0. The molecule has 10 aromatic carbocycles. The van der Waals surface area contributed by atoms with Gasteiger partial charge in [-0.25, -0.2) is 9.69 Å². The van der Waals surface area contributed by atoms with E-state index in [1.807, 2.05) is 143 Å². The number of hydrogen-bond acceptors (Lipinski definition) is 3. The molecular weight excluding hydrogens is 960 g/mol. The van der Waals surface area contributed by atoms with Crippen molar-refractivity contribution in [3.05, 3.63) is 251 Å². The fraction of sp³-hybridized carbons (Fsp3) is 0.0299. The highest BCUT2D eigenvalue weighted by Crippen LogP contribution is 2.47. The van der Waals surface area contributed by atoms with E-state index in [2.05, 4.69) is 27.9 Å². The standard InChI is InChI=1S/C67H36F3N7/c1-40-13-12-20-57(67(68,69)70)66(40)47-35-64(76-60-27-23-41(48-16-6-4-14-45(48)37-71)31-52(60)54-33-43(25-29-62(54)76)50-18-8-10-21-58(50)74-2)56(39-73)65(36-47)77-61-28-24-42(49-17-7-5-15-46(49)38-72)32-53(61)55-34-44(26-30-63(55)77)51-19-9-11-22-59(51)75-3/h4-36H,1H3. The van der Waals surface area contributed by atoms with Crippen molar-refractivity contribution in [3.63, 3.8) is 0 Å². The van der Waals surface area contributed by atoms with Gasteiger partial charge in [-0.3, -0.25) is 0 Å². The Bertz CT molecular complexity index is 4220. The first-order valence-corrected chi connectivity index (χ1v) is 24.4. The highest BCUT2D eigenvalue weighted by Gasteiger charge is 2.35. The Labute approximate surface area is 440 Å². The number of hydrogen-bond donors (Lipinski definition) is 0. The minimum atomic E-state index is -4.75. The van der Waals surface area contributed by atoms with Crippen molar-refractivity contribution < 1.29 is 13.2 Å². The molecule has 7 nitrogen and oxygen atoms in total. The van der Waals surface area contributed by atoms with Crippen molar-refractivity contribution in [1.29, 1.82) is 15.8 Å². The van der Waals surface area contributed by atoms with E-state index in [0.717, 1.165) is 49.9 Å². The molecule has 12 aromatic rings. The molecule has 0 aliphatic carbocycles. The molecule has 0 fully saturated rings. The van der Waals surface area contributed by atoms with Crippen molar-refractivity contribution in [2.45, 2.75) is 13.1 Å². The number of nitriles is 3. The van der Waals surface area contributed by atoms with Crippen LogP contribution >= 0.6 is 0 Å². The largest absolute Gasteiger partial charge is 0.417 e. The Morgan fingerprint density at radius 1 is 0.416 bits per heavy atom. The predicted octanol–water partition coefficient (Wildman–Crippen LogP) is 18.3. The Balaban J connectivity index is 1.23. The summed E-state index contributed by atoms with van der Waals surface area (Å²) in [4.78, 5) is 7.62. The van der Waals surface area contributed by atoms with Gasteiger partial charge in [0, 0.05) is 21.5 Å². The Morgan fingerprint density at radius 3 is 1.17 bits per heavy atom. The van der Waals surface area contributed by atoms with Gasteiger partial charge in [-0.2, -0.15) is 29.0 Å². The number of fused-ring (bicyclic) bond motifs is 6. The molecule has 0 unspecified atom stereocenters. The van der Waals surface area contributed by atoms with E-state index >= 15 is 13.2 Å². The van der Waals surface area contributed by atoms with Crippen LogP contribution in [0.15, 0.2) is 200 Å². The van der Waals surface area contributed by atoms with Crippen LogP contribution < -0.4 is 0 Å². The zero-order chi connectivity index (χ0) is 53.1. The van der Waals surface area contributed by atoms with Crippen molar-refractivity contribution in [1.82, 2.24) is 9.13 Å². The zero-order valence-corrected chi connectivity index (χ0v) is 40.8. The lowest BCUT2D eigenvalue weighted by atomic mass is 9.92. The molecule has 2 heterocycles. The van der Waals surface area contributed by atoms with Crippen LogP contribution in [0.3, 0.4) is 0 Å². The van der Waals surface area contributed by atoms with Gasteiger partial charge in [0.15, 0.2) is 11.4 Å². The van der Waals surface area contributed by atoms with E-state index < -0.39 is 11.7 Å². The molecule has 0 aliphatic heterocycles. The van der Waals surface area contributed by atoms with Crippen LogP contribution in [0.2, 0.25) is 0 Å². The van der Waals surface area contributed by atoms with E-state index in [9.17, 15) is 15.8 Å². The molecule has 77 heavy (non-hydrogen) atoms. The first kappa shape index (κ1) is 47.1. The maximum absolute atomic E-state index is 15.4. The fourth-order valence-electron chi connectivity index (χ4n) is 11.0. The first-order valence-electron chi connectivity index (χ1n) is 24.4. The molecule has 0 radical (unpaired) electrons. The molecule has 12 rings (SSSR count). The molecule has 10 heteroatoms. The van der Waals surface area contributed by atoms with Gasteiger partial charge in [0.1, 0.15) is 11.6 Å². The molecule has 0 N–H and O–H groups in total. The highest BCUT2D eigenvalue weighted by molar-refractivity contribution is 6.14. The maximum atomic E-state index is 15.4. The van der Waals surface area contributed by atoms with Gasteiger partial charge in [0.25, 0.3) is 0 Å². The van der Waals surface area contributed by atoms with E-state index in [0.29, 0.717) is 83.8 Å². The van der Waals surface area contributed by atoms with Gasteiger partial charge in [0.05, 0.1) is 75.4 Å². The molecule has 2 aromatic heterocycles. The first-order chi connectivity index (χ1) is 37.5. The van der Waals surface area contributed by atoms with Gasteiger partial charge in [-0.15, -0.1) is 0 Å². The molecule has 0 atom stereocenters. The normalized spacial score (nSPS) is 11.3. The molecule has 360 valence electrons. The third kappa shape index (κ3) is 7.71. The molecule has 0 saturated carbocycles. The van der Waals surface area contributed by atoms with Crippen LogP contribution in [-0.4, -0.2) is 9.13 Å². The Hall–Kier alpha value is -11.0. The molecule has 0 amide bonds. The summed E-state index contributed by atoms with van der Waals surface area (Å²) in [5.41, 5.74) is 10.8. The Kier molecular flexibility index (Phi) is 11.3. The van der Waals surface area contributed by atoms with Crippen molar-refractivity contribution in [2.75, 3.05) is 0 Å². The minimum Gasteiger partial charge on any atom is -0.308 e. The summed E-state index contributed by atoms with van der Waals surface area (Å²) in [6.45, 7) is 17.6. The quantitative estimate of drug-likeness (QED) is 0.149. The number of aromatic nitrogens is 2. The number of rotatable bonds is 7. The van der Waals surface area contributed by atoms with Gasteiger partial charge < -0.3 is 9.13 Å². The lowest BCUT2D eigenvalue weighted by Gasteiger charge is -2.21. The van der Waals surface area contributed by atoms with Gasteiger partial charge >= 0.3 is 6.18 Å². The average molecular weight is 996 g/mol. The van der Waals surface area contributed by atoms with E-state index in [1.54, 1.807) is 61.5 Å². The number of alkyl halides is 3. The van der Waals surface area contributed by atoms with Gasteiger partial charge in [-0.1, -0.05) is 121 Å².